The second kappa shape index (κ2) is 8.57. The molecule has 9 heteroatoms. The zero-order valence-electron chi connectivity index (χ0n) is 20.0. The number of aromatic hydroxyl groups is 1. The number of urea groups is 1. The highest BCUT2D eigenvalue weighted by Crippen LogP contribution is 2.49. The minimum absolute atomic E-state index is 0.0424. The van der Waals surface area contributed by atoms with Crippen molar-refractivity contribution in [3.8, 4) is 11.5 Å². The summed E-state index contributed by atoms with van der Waals surface area (Å²) in [6, 6.07) is 8.81. The van der Waals surface area contributed by atoms with Crippen LogP contribution in [0.25, 0.3) is 10.9 Å². The molecule has 184 valence electrons. The van der Waals surface area contributed by atoms with Gasteiger partial charge in [0.05, 0.1) is 7.11 Å². The summed E-state index contributed by atoms with van der Waals surface area (Å²) in [6.45, 7) is 5.53. The number of rotatable bonds is 7. The highest BCUT2D eigenvalue weighted by atomic mass is 19.1. The molecule has 0 bridgehead atoms. The number of halogens is 1. The molecule has 1 fully saturated rings. The van der Waals surface area contributed by atoms with Crippen LogP contribution < -0.4 is 10.1 Å². The summed E-state index contributed by atoms with van der Waals surface area (Å²) in [6.07, 6.45) is 0.794. The summed E-state index contributed by atoms with van der Waals surface area (Å²) in [5.41, 5.74) is 1.26. The van der Waals surface area contributed by atoms with Gasteiger partial charge >= 0.3 is 6.03 Å². The van der Waals surface area contributed by atoms with Crippen LogP contribution in [0.1, 0.15) is 43.1 Å². The zero-order valence-corrected chi connectivity index (χ0v) is 20.0. The van der Waals surface area contributed by atoms with Crippen molar-refractivity contribution in [2.24, 2.45) is 0 Å². The molecule has 5 rings (SSSR count). The van der Waals surface area contributed by atoms with E-state index in [0.29, 0.717) is 47.2 Å². The van der Waals surface area contributed by atoms with E-state index in [9.17, 15) is 14.7 Å². The Kier molecular flexibility index (Phi) is 5.67. The largest absolute Gasteiger partial charge is 0.508 e. The van der Waals surface area contributed by atoms with Gasteiger partial charge in [0.15, 0.2) is 11.6 Å². The first kappa shape index (κ1) is 23.2. The summed E-state index contributed by atoms with van der Waals surface area (Å²) in [4.78, 5) is 33.6. The van der Waals surface area contributed by atoms with E-state index in [1.165, 1.54) is 12.0 Å². The summed E-state index contributed by atoms with van der Waals surface area (Å²) >= 11 is 0. The lowest BCUT2D eigenvalue weighted by Gasteiger charge is -2.42. The highest BCUT2D eigenvalue weighted by Gasteiger charge is 2.60. The van der Waals surface area contributed by atoms with Crippen molar-refractivity contribution in [3.63, 3.8) is 0 Å². The van der Waals surface area contributed by atoms with Gasteiger partial charge in [-0.05, 0) is 61.8 Å². The van der Waals surface area contributed by atoms with Crippen LogP contribution in [0.15, 0.2) is 36.4 Å². The summed E-state index contributed by atoms with van der Waals surface area (Å²) < 4.78 is 20.7. The fourth-order valence-electron chi connectivity index (χ4n) is 5.48. The SMILES string of the molecule is CCNCCCN1C(=O)N2C(c3cccc(O)c3)c3[nH]c4ccc(OC)c(F)c4c3CC2(C)C1=O. The minimum Gasteiger partial charge on any atom is -0.508 e. The maximum absolute atomic E-state index is 15.5. The van der Waals surface area contributed by atoms with Crippen LogP contribution in [0.2, 0.25) is 0 Å². The number of imide groups is 1. The van der Waals surface area contributed by atoms with E-state index >= 15 is 4.39 Å². The van der Waals surface area contributed by atoms with Crippen LogP contribution in [0.5, 0.6) is 11.5 Å². The van der Waals surface area contributed by atoms with E-state index in [2.05, 4.69) is 10.3 Å². The average molecular weight is 481 g/mol. The van der Waals surface area contributed by atoms with E-state index in [4.69, 9.17) is 4.74 Å². The second-order valence-electron chi connectivity index (χ2n) is 9.29. The normalized spacial score (nSPS) is 21.5. The van der Waals surface area contributed by atoms with Gasteiger partial charge in [0.1, 0.15) is 17.3 Å². The van der Waals surface area contributed by atoms with Gasteiger partial charge in [0.2, 0.25) is 0 Å². The molecule has 3 amide bonds. The molecule has 3 heterocycles. The van der Waals surface area contributed by atoms with Crippen LogP contribution in [0, 0.1) is 5.82 Å². The molecule has 1 saturated heterocycles. The van der Waals surface area contributed by atoms with Crippen molar-refractivity contribution < 1.29 is 23.8 Å². The molecule has 0 radical (unpaired) electrons. The van der Waals surface area contributed by atoms with Gasteiger partial charge in [-0.1, -0.05) is 19.1 Å². The fourth-order valence-corrected chi connectivity index (χ4v) is 5.48. The first-order chi connectivity index (χ1) is 16.8. The predicted octanol–water partition coefficient (Wildman–Crippen LogP) is 3.69. The number of ether oxygens (including phenoxy) is 1. The molecule has 0 spiro atoms. The van der Waals surface area contributed by atoms with Crippen LogP contribution in [-0.4, -0.2) is 64.1 Å². The number of fused-ring (bicyclic) bond motifs is 4. The van der Waals surface area contributed by atoms with Gasteiger partial charge in [0.25, 0.3) is 5.91 Å². The second-order valence-corrected chi connectivity index (χ2v) is 9.29. The van der Waals surface area contributed by atoms with Gasteiger partial charge < -0.3 is 20.1 Å². The molecule has 0 aliphatic carbocycles. The molecule has 2 aliphatic rings. The van der Waals surface area contributed by atoms with Crippen molar-refractivity contribution in [1.82, 2.24) is 20.1 Å². The minimum atomic E-state index is -1.21. The lowest BCUT2D eigenvalue weighted by atomic mass is 9.81. The number of H-pyrrole nitrogens is 1. The quantitative estimate of drug-likeness (QED) is 0.354. The number of amides is 3. The fraction of sp³-hybridized carbons (Fsp3) is 0.385. The first-order valence-electron chi connectivity index (χ1n) is 11.8. The van der Waals surface area contributed by atoms with Gasteiger partial charge in [-0.25, -0.2) is 9.18 Å². The third kappa shape index (κ3) is 3.44. The molecule has 3 N–H and O–H groups in total. The monoisotopic (exact) mass is 480 g/mol. The van der Waals surface area contributed by atoms with E-state index in [1.54, 1.807) is 48.2 Å². The summed E-state index contributed by atoms with van der Waals surface area (Å²) in [7, 11) is 1.41. The molecule has 2 unspecified atom stereocenters. The van der Waals surface area contributed by atoms with Crippen molar-refractivity contribution >= 4 is 22.8 Å². The van der Waals surface area contributed by atoms with Crippen LogP contribution in [-0.2, 0) is 11.2 Å². The molecule has 3 aromatic rings. The number of nitrogens with one attached hydrogen (secondary N) is 2. The number of aromatic amines is 1. The van der Waals surface area contributed by atoms with Crippen molar-refractivity contribution in [2.75, 3.05) is 26.7 Å². The van der Waals surface area contributed by atoms with Gasteiger partial charge in [-0.3, -0.25) is 14.6 Å². The van der Waals surface area contributed by atoms with E-state index in [-0.39, 0.29) is 29.9 Å². The van der Waals surface area contributed by atoms with Crippen LogP contribution in [0.3, 0.4) is 0 Å². The Balaban J connectivity index is 1.68. The van der Waals surface area contributed by atoms with Gasteiger partial charge in [0, 0.05) is 29.6 Å². The third-order valence-corrected chi connectivity index (χ3v) is 7.12. The molecule has 8 nitrogen and oxygen atoms in total. The predicted molar refractivity (Wildman–Crippen MR) is 129 cm³/mol. The van der Waals surface area contributed by atoms with Crippen molar-refractivity contribution in [3.05, 3.63) is 59.0 Å². The highest BCUT2D eigenvalue weighted by molar-refractivity contribution is 6.08. The molecule has 35 heavy (non-hydrogen) atoms. The van der Waals surface area contributed by atoms with E-state index in [0.717, 1.165) is 6.54 Å². The van der Waals surface area contributed by atoms with E-state index in [1.807, 2.05) is 6.92 Å². The number of benzene rings is 2. The number of hydrogen-bond acceptors (Lipinski definition) is 5. The molecular weight excluding hydrogens is 451 g/mol. The van der Waals surface area contributed by atoms with Gasteiger partial charge in [-0.15, -0.1) is 0 Å². The Morgan fingerprint density at radius 1 is 1.29 bits per heavy atom. The number of carbonyl (C=O) groups is 2. The van der Waals surface area contributed by atoms with Crippen LogP contribution in [0.4, 0.5) is 9.18 Å². The number of aromatic nitrogens is 1. The smallest absolute Gasteiger partial charge is 0.328 e. The maximum atomic E-state index is 15.5. The Morgan fingerprint density at radius 3 is 2.80 bits per heavy atom. The standard InChI is InChI=1S/C26H29FN4O4/c1-4-28-11-6-12-30-24(33)26(2)14-17-20-18(9-10-19(35-3)21(20)27)29-22(17)23(31(26)25(30)34)15-7-5-8-16(32)13-15/h5,7-10,13,23,28-29,32H,4,6,11-12,14H2,1-3H3. The average Bonchev–Trinajstić information content (AvgIpc) is 3.29. The number of phenols is 1. The molecular formula is C26H29FN4O4. The molecule has 2 aromatic carbocycles. The number of carbonyl (C=O) groups excluding carboxylic acids is 2. The molecule has 2 aliphatic heterocycles. The summed E-state index contributed by atoms with van der Waals surface area (Å²) in [5.74, 6) is -0.652. The zero-order chi connectivity index (χ0) is 24.9. The topological polar surface area (TPSA) is 97.9 Å². The number of hydrogen-bond donors (Lipinski definition) is 3. The third-order valence-electron chi connectivity index (χ3n) is 7.12. The van der Waals surface area contributed by atoms with Crippen molar-refractivity contribution in [2.45, 2.75) is 38.3 Å². The molecule has 0 saturated carbocycles. The Bertz CT molecular complexity index is 1320. The summed E-state index contributed by atoms with van der Waals surface area (Å²) in [5, 5.41) is 13.8. The van der Waals surface area contributed by atoms with Crippen molar-refractivity contribution in [1.29, 1.82) is 0 Å². The van der Waals surface area contributed by atoms with Gasteiger partial charge in [-0.2, -0.15) is 0 Å². The molecule has 2 atom stereocenters. The Labute approximate surface area is 202 Å². The Morgan fingerprint density at radius 2 is 2.09 bits per heavy atom. The number of nitrogens with zero attached hydrogens (tertiary/aromatic N) is 2. The lowest BCUT2D eigenvalue weighted by molar-refractivity contribution is -0.133. The lowest BCUT2D eigenvalue weighted by Crippen LogP contribution is -2.53. The maximum Gasteiger partial charge on any atom is 0.328 e. The molecule has 1 aromatic heterocycles. The Hall–Kier alpha value is -3.59. The number of methoxy groups -OCH3 is 1. The van der Waals surface area contributed by atoms with E-state index < -0.39 is 17.4 Å². The first-order valence-corrected chi connectivity index (χ1v) is 11.8. The number of phenolic OH excluding ortho intramolecular Hbond substituents is 1. The van der Waals surface area contributed by atoms with Crippen LogP contribution >= 0.6 is 0 Å².